The zero-order valence-electron chi connectivity index (χ0n) is 11.2. The molecule has 3 aromatic rings. The van der Waals surface area contributed by atoms with Crippen molar-refractivity contribution in [3.63, 3.8) is 0 Å². The topological polar surface area (TPSA) is 50.2 Å². The van der Waals surface area contributed by atoms with Crippen LogP contribution in [0.15, 0.2) is 72.8 Å². The number of hydrogen-bond donors (Lipinski definition) is 1. The fraction of sp³-hybridized carbons (Fsp3) is 0. The van der Waals surface area contributed by atoms with E-state index in [0.717, 1.165) is 22.5 Å². The van der Waals surface area contributed by atoms with Gasteiger partial charge in [-0.25, -0.2) is 9.78 Å². The maximum atomic E-state index is 10.9. The van der Waals surface area contributed by atoms with Crippen LogP contribution in [0.2, 0.25) is 0 Å². The van der Waals surface area contributed by atoms with Gasteiger partial charge < -0.3 is 5.11 Å². The minimum absolute atomic E-state index is 0.276. The van der Waals surface area contributed by atoms with Crippen LogP contribution in [-0.2, 0) is 0 Å². The van der Waals surface area contributed by atoms with Crippen molar-refractivity contribution in [1.29, 1.82) is 0 Å². The van der Waals surface area contributed by atoms with Crippen LogP contribution in [0, 0.1) is 0 Å². The normalized spacial score (nSPS) is 10.3. The van der Waals surface area contributed by atoms with E-state index in [1.807, 2.05) is 48.5 Å². The van der Waals surface area contributed by atoms with E-state index in [9.17, 15) is 4.79 Å². The molecule has 2 aromatic carbocycles. The van der Waals surface area contributed by atoms with Gasteiger partial charge in [0.05, 0.1) is 17.0 Å². The number of benzene rings is 2. The maximum Gasteiger partial charge on any atom is 0.335 e. The van der Waals surface area contributed by atoms with Crippen LogP contribution in [0.3, 0.4) is 0 Å². The molecule has 0 fully saturated rings. The van der Waals surface area contributed by atoms with Gasteiger partial charge >= 0.3 is 5.97 Å². The second kappa shape index (κ2) is 5.59. The van der Waals surface area contributed by atoms with Gasteiger partial charge in [0.25, 0.3) is 0 Å². The molecule has 1 aromatic heterocycles. The van der Waals surface area contributed by atoms with Gasteiger partial charge in [-0.2, -0.15) is 0 Å². The zero-order valence-corrected chi connectivity index (χ0v) is 11.2. The fourth-order valence-corrected chi connectivity index (χ4v) is 2.15. The summed E-state index contributed by atoms with van der Waals surface area (Å²) in [7, 11) is 0. The Morgan fingerprint density at radius 3 is 1.86 bits per heavy atom. The van der Waals surface area contributed by atoms with Crippen molar-refractivity contribution in [2.75, 3.05) is 0 Å². The lowest BCUT2D eigenvalue weighted by atomic mass is 10.1. The Labute approximate surface area is 122 Å². The van der Waals surface area contributed by atoms with Gasteiger partial charge in [0.2, 0.25) is 0 Å². The molecule has 102 valence electrons. The zero-order chi connectivity index (χ0) is 14.7. The number of rotatable bonds is 3. The molecule has 0 aliphatic rings. The first-order chi connectivity index (χ1) is 10.2. The van der Waals surface area contributed by atoms with E-state index < -0.39 is 5.97 Å². The highest BCUT2D eigenvalue weighted by atomic mass is 16.4. The number of carboxylic acid groups (broad SMARTS) is 1. The molecule has 0 bridgehead atoms. The van der Waals surface area contributed by atoms with E-state index in [2.05, 4.69) is 4.98 Å². The molecule has 0 aliphatic carbocycles. The molecule has 0 saturated carbocycles. The number of nitrogens with zero attached hydrogens (tertiary/aromatic N) is 1. The van der Waals surface area contributed by atoms with Gasteiger partial charge in [-0.05, 0) is 24.3 Å². The molecule has 21 heavy (non-hydrogen) atoms. The molecule has 3 heteroatoms. The first-order valence-electron chi connectivity index (χ1n) is 6.60. The number of hydrogen-bond acceptors (Lipinski definition) is 2. The SMILES string of the molecule is O=C(O)c1ccc(-c2cccc(-c3ccccc3)n2)cc1. The molecule has 1 N–H and O–H groups in total. The Bertz CT molecular complexity index is 765. The lowest BCUT2D eigenvalue weighted by Gasteiger charge is -2.05. The van der Waals surface area contributed by atoms with Gasteiger partial charge in [-0.1, -0.05) is 48.5 Å². The summed E-state index contributed by atoms with van der Waals surface area (Å²) in [6, 6.07) is 22.5. The van der Waals surface area contributed by atoms with E-state index in [4.69, 9.17) is 5.11 Å². The molecule has 1 heterocycles. The van der Waals surface area contributed by atoms with Gasteiger partial charge in [-0.15, -0.1) is 0 Å². The van der Waals surface area contributed by atoms with E-state index >= 15 is 0 Å². The Balaban J connectivity index is 1.98. The Hall–Kier alpha value is -2.94. The van der Waals surface area contributed by atoms with E-state index in [-0.39, 0.29) is 5.56 Å². The Morgan fingerprint density at radius 2 is 1.29 bits per heavy atom. The second-order valence-electron chi connectivity index (χ2n) is 4.66. The number of carbonyl (C=O) groups is 1. The highest BCUT2D eigenvalue weighted by Gasteiger charge is 2.05. The van der Waals surface area contributed by atoms with Crippen molar-refractivity contribution in [2.45, 2.75) is 0 Å². The van der Waals surface area contributed by atoms with Gasteiger partial charge in [0, 0.05) is 11.1 Å². The summed E-state index contributed by atoms with van der Waals surface area (Å²) < 4.78 is 0. The monoisotopic (exact) mass is 275 g/mol. The molecule has 0 unspecified atom stereocenters. The molecule has 0 amide bonds. The first kappa shape index (κ1) is 13.1. The van der Waals surface area contributed by atoms with Crippen LogP contribution in [0.25, 0.3) is 22.5 Å². The largest absolute Gasteiger partial charge is 0.478 e. The summed E-state index contributed by atoms with van der Waals surface area (Å²) in [5, 5.41) is 8.92. The van der Waals surface area contributed by atoms with Crippen LogP contribution < -0.4 is 0 Å². The Morgan fingerprint density at radius 1 is 0.714 bits per heavy atom. The molecule has 0 atom stereocenters. The van der Waals surface area contributed by atoms with Gasteiger partial charge in [0.1, 0.15) is 0 Å². The average Bonchev–Trinajstić information content (AvgIpc) is 2.56. The average molecular weight is 275 g/mol. The molecule has 0 radical (unpaired) electrons. The van der Waals surface area contributed by atoms with E-state index in [0.29, 0.717) is 0 Å². The third-order valence-electron chi connectivity index (χ3n) is 3.25. The van der Waals surface area contributed by atoms with Crippen LogP contribution >= 0.6 is 0 Å². The molecule has 0 saturated heterocycles. The minimum atomic E-state index is -0.924. The van der Waals surface area contributed by atoms with E-state index in [1.165, 1.54) is 0 Å². The smallest absolute Gasteiger partial charge is 0.335 e. The van der Waals surface area contributed by atoms with Gasteiger partial charge in [-0.3, -0.25) is 0 Å². The standard InChI is InChI=1S/C18H13NO2/c20-18(21)15-11-9-14(10-12-15)17-8-4-7-16(19-17)13-5-2-1-3-6-13/h1-12H,(H,20,21). The summed E-state index contributed by atoms with van der Waals surface area (Å²) in [6.45, 7) is 0. The van der Waals surface area contributed by atoms with Crippen LogP contribution in [0.5, 0.6) is 0 Å². The first-order valence-corrected chi connectivity index (χ1v) is 6.60. The Kier molecular flexibility index (Phi) is 3.48. The van der Waals surface area contributed by atoms with E-state index in [1.54, 1.807) is 24.3 Å². The predicted molar refractivity (Wildman–Crippen MR) is 82.1 cm³/mol. The second-order valence-corrected chi connectivity index (χ2v) is 4.66. The summed E-state index contributed by atoms with van der Waals surface area (Å²) in [5.74, 6) is -0.924. The molecule has 3 nitrogen and oxygen atoms in total. The highest BCUT2D eigenvalue weighted by Crippen LogP contribution is 2.22. The molecule has 3 rings (SSSR count). The van der Waals surface area contributed by atoms with Crippen molar-refractivity contribution in [3.05, 3.63) is 78.4 Å². The third kappa shape index (κ3) is 2.82. The van der Waals surface area contributed by atoms with Crippen molar-refractivity contribution in [2.24, 2.45) is 0 Å². The molecular formula is C18H13NO2. The quantitative estimate of drug-likeness (QED) is 0.782. The van der Waals surface area contributed by atoms with Gasteiger partial charge in [0.15, 0.2) is 0 Å². The van der Waals surface area contributed by atoms with Crippen LogP contribution in [-0.4, -0.2) is 16.1 Å². The number of aromatic carboxylic acids is 1. The summed E-state index contributed by atoms with van der Waals surface area (Å²) in [6.07, 6.45) is 0. The lowest BCUT2D eigenvalue weighted by molar-refractivity contribution is 0.0697. The number of aromatic nitrogens is 1. The molecule has 0 aliphatic heterocycles. The third-order valence-corrected chi connectivity index (χ3v) is 3.25. The van der Waals surface area contributed by atoms with Crippen molar-refractivity contribution >= 4 is 5.97 Å². The van der Waals surface area contributed by atoms with Crippen molar-refractivity contribution in [1.82, 2.24) is 4.98 Å². The van der Waals surface area contributed by atoms with Crippen molar-refractivity contribution in [3.8, 4) is 22.5 Å². The molecule has 0 spiro atoms. The molecular weight excluding hydrogens is 262 g/mol. The van der Waals surface area contributed by atoms with Crippen LogP contribution in [0.4, 0.5) is 0 Å². The van der Waals surface area contributed by atoms with Crippen molar-refractivity contribution < 1.29 is 9.90 Å². The maximum absolute atomic E-state index is 10.9. The minimum Gasteiger partial charge on any atom is -0.478 e. The van der Waals surface area contributed by atoms with Crippen LogP contribution in [0.1, 0.15) is 10.4 Å². The highest BCUT2D eigenvalue weighted by molar-refractivity contribution is 5.88. The summed E-state index contributed by atoms with van der Waals surface area (Å²) in [5.41, 5.74) is 3.96. The summed E-state index contributed by atoms with van der Waals surface area (Å²) in [4.78, 5) is 15.5. The fourth-order valence-electron chi connectivity index (χ4n) is 2.15. The lowest BCUT2D eigenvalue weighted by Crippen LogP contribution is -1.95. The number of carboxylic acids is 1. The number of pyridine rings is 1. The predicted octanol–water partition coefficient (Wildman–Crippen LogP) is 4.11. The summed E-state index contributed by atoms with van der Waals surface area (Å²) >= 11 is 0.